The molecule has 2 N–H and O–H groups in total. The molecule has 0 spiro atoms. The van der Waals surface area contributed by atoms with Crippen molar-refractivity contribution in [3.05, 3.63) is 58.7 Å². The van der Waals surface area contributed by atoms with Crippen molar-refractivity contribution in [2.24, 2.45) is 0 Å². The van der Waals surface area contributed by atoms with Crippen LogP contribution in [0.4, 0.5) is 0 Å². The molecule has 0 heterocycles. The van der Waals surface area contributed by atoms with Crippen molar-refractivity contribution >= 4 is 12.2 Å². The van der Waals surface area contributed by atoms with Crippen LogP contribution >= 0.6 is 0 Å². The van der Waals surface area contributed by atoms with Gasteiger partial charge >= 0.3 is 0 Å². The van der Waals surface area contributed by atoms with Crippen molar-refractivity contribution in [3.8, 4) is 11.5 Å². The average molecular weight is 439 g/mol. The van der Waals surface area contributed by atoms with E-state index in [0.717, 1.165) is 22.3 Å². The maximum absolute atomic E-state index is 10.4. The molecule has 0 saturated heterocycles. The number of hydrogen-bond donors (Lipinski definition) is 2. The monoisotopic (exact) mass is 438 g/mol. The summed E-state index contributed by atoms with van der Waals surface area (Å²) in [6.45, 7) is 18.9. The average Bonchev–Trinajstić information content (AvgIpc) is 2.70. The number of phenolic OH excluding ortho intramolecular Hbond substituents is 2. The number of phenols is 2. The molecular weight excluding hydrogens is 396 g/mol. The van der Waals surface area contributed by atoms with Crippen LogP contribution in [0.15, 0.2) is 36.4 Å². The molecule has 176 valence electrons. The van der Waals surface area contributed by atoms with Crippen LogP contribution < -0.4 is 0 Å². The Morgan fingerprint density at radius 2 is 0.906 bits per heavy atom. The minimum atomic E-state index is 0.336. The molecule has 0 atom stereocenters. The van der Waals surface area contributed by atoms with Gasteiger partial charge in [-0.2, -0.15) is 0 Å². The fourth-order valence-corrected chi connectivity index (χ4v) is 4.18. The minimum Gasteiger partial charge on any atom is -0.508 e. The molecule has 0 unspecified atom stereocenters. The zero-order valence-corrected chi connectivity index (χ0v) is 21.1. The van der Waals surface area contributed by atoms with Crippen molar-refractivity contribution in [1.82, 2.24) is 9.80 Å². The molecule has 2 aromatic carbocycles. The van der Waals surface area contributed by atoms with Gasteiger partial charge < -0.3 is 10.2 Å². The molecule has 0 radical (unpaired) electrons. The van der Waals surface area contributed by atoms with Gasteiger partial charge in [-0.05, 0) is 90.8 Å². The van der Waals surface area contributed by atoms with Crippen molar-refractivity contribution in [1.29, 1.82) is 0 Å². The lowest BCUT2D eigenvalue weighted by atomic mass is 10.0. The molecule has 2 aromatic rings. The van der Waals surface area contributed by atoms with E-state index >= 15 is 0 Å². The van der Waals surface area contributed by atoms with E-state index < -0.39 is 0 Å². The van der Waals surface area contributed by atoms with Crippen LogP contribution in [-0.4, -0.2) is 44.2 Å². The van der Waals surface area contributed by atoms with E-state index in [9.17, 15) is 10.2 Å². The Bertz CT molecular complexity index is 811. The van der Waals surface area contributed by atoms with Gasteiger partial charge in [0.15, 0.2) is 0 Å². The predicted molar refractivity (Wildman–Crippen MR) is 137 cm³/mol. The Balaban J connectivity index is 2.24. The van der Waals surface area contributed by atoms with Gasteiger partial charge in [0.2, 0.25) is 0 Å². The van der Waals surface area contributed by atoms with E-state index in [2.05, 4.69) is 89.5 Å². The second kappa shape index (κ2) is 11.5. The summed E-state index contributed by atoms with van der Waals surface area (Å²) in [5.74, 6) is 0.672. The van der Waals surface area contributed by atoms with E-state index in [0.29, 0.717) is 48.8 Å². The van der Waals surface area contributed by atoms with Crippen molar-refractivity contribution in [2.75, 3.05) is 0 Å². The topological polar surface area (TPSA) is 46.9 Å². The summed E-state index contributed by atoms with van der Waals surface area (Å²) in [6.07, 6.45) is 4.13. The standard InChI is InChI=1S/C28H42N2O2/c1-19(2)29(20(3)4)17-25-15-23(11-13-27(25)31)9-10-24-12-14-28(32)26(16-24)18-30(21(5)6)22(7)8/h9-16,19-22,31-32H,17-18H2,1-8H3. The van der Waals surface area contributed by atoms with E-state index in [-0.39, 0.29) is 0 Å². The fourth-order valence-electron chi connectivity index (χ4n) is 4.18. The fraction of sp³-hybridized carbons (Fsp3) is 0.500. The van der Waals surface area contributed by atoms with Crippen LogP contribution in [0, 0.1) is 0 Å². The van der Waals surface area contributed by atoms with Gasteiger partial charge in [-0.25, -0.2) is 0 Å². The predicted octanol–water partition coefficient (Wildman–Crippen LogP) is 6.51. The molecule has 0 bridgehead atoms. The summed E-state index contributed by atoms with van der Waals surface area (Å²) in [5, 5.41) is 20.8. The van der Waals surface area contributed by atoms with Crippen LogP contribution in [0.1, 0.15) is 77.6 Å². The number of rotatable bonds is 10. The molecule has 0 aromatic heterocycles. The maximum atomic E-state index is 10.4. The molecule has 0 aliphatic heterocycles. The van der Waals surface area contributed by atoms with Gasteiger partial charge in [0, 0.05) is 48.4 Å². The summed E-state index contributed by atoms with van der Waals surface area (Å²) in [6, 6.07) is 13.2. The Hall–Kier alpha value is -2.30. The Labute approximate surface area is 195 Å². The van der Waals surface area contributed by atoms with E-state index in [1.54, 1.807) is 12.1 Å². The lowest BCUT2D eigenvalue weighted by Crippen LogP contribution is -2.36. The van der Waals surface area contributed by atoms with Gasteiger partial charge in [0.05, 0.1) is 0 Å². The third-order valence-corrected chi connectivity index (χ3v) is 6.03. The van der Waals surface area contributed by atoms with Crippen LogP contribution in [0.2, 0.25) is 0 Å². The van der Waals surface area contributed by atoms with E-state index in [1.807, 2.05) is 12.1 Å². The number of benzene rings is 2. The number of aromatic hydroxyl groups is 2. The summed E-state index contributed by atoms with van der Waals surface area (Å²) < 4.78 is 0. The Morgan fingerprint density at radius 1 is 0.594 bits per heavy atom. The second-order valence-corrected chi connectivity index (χ2v) is 9.83. The highest BCUT2D eigenvalue weighted by atomic mass is 16.3. The van der Waals surface area contributed by atoms with Gasteiger partial charge in [-0.3, -0.25) is 9.80 Å². The molecule has 4 nitrogen and oxygen atoms in total. The van der Waals surface area contributed by atoms with E-state index in [1.165, 1.54) is 0 Å². The first-order chi connectivity index (χ1) is 15.0. The van der Waals surface area contributed by atoms with Crippen LogP contribution in [-0.2, 0) is 13.1 Å². The lowest BCUT2D eigenvalue weighted by molar-refractivity contribution is 0.164. The maximum Gasteiger partial charge on any atom is 0.120 e. The lowest BCUT2D eigenvalue weighted by Gasteiger charge is -2.30. The van der Waals surface area contributed by atoms with Crippen molar-refractivity contribution < 1.29 is 10.2 Å². The molecular formula is C28H42N2O2. The van der Waals surface area contributed by atoms with Crippen LogP contribution in [0.3, 0.4) is 0 Å². The SMILES string of the molecule is CC(C)N(Cc1cc(C=Cc2ccc(O)c(CN(C(C)C)C(C)C)c2)ccc1O)C(C)C. The summed E-state index contributed by atoms with van der Waals surface area (Å²) in [5.41, 5.74) is 3.97. The summed E-state index contributed by atoms with van der Waals surface area (Å²) in [7, 11) is 0. The second-order valence-electron chi connectivity index (χ2n) is 9.83. The van der Waals surface area contributed by atoms with Crippen LogP contribution in [0.5, 0.6) is 11.5 Å². The molecule has 32 heavy (non-hydrogen) atoms. The first kappa shape index (κ1) is 26.0. The number of hydrogen-bond acceptors (Lipinski definition) is 4. The third-order valence-electron chi connectivity index (χ3n) is 6.03. The van der Waals surface area contributed by atoms with Crippen molar-refractivity contribution in [2.45, 2.75) is 92.6 Å². The van der Waals surface area contributed by atoms with E-state index in [4.69, 9.17) is 0 Å². The summed E-state index contributed by atoms with van der Waals surface area (Å²) >= 11 is 0. The zero-order valence-electron chi connectivity index (χ0n) is 21.1. The smallest absolute Gasteiger partial charge is 0.120 e. The minimum absolute atomic E-state index is 0.336. The Morgan fingerprint density at radius 3 is 1.19 bits per heavy atom. The molecule has 0 aliphatic rings. The van der Waals surface area contributed by atoms with Gasteiger partial charge in [-0.15, -0.1) is 0 Å². The molecule has 0 saturated carbocycles. The molecule has 4 heteroatoms. The highest BCUT2D eigenvalue weighted by Gasteiger charge is 2.17. The van der Waals surface area contributed by atoms with Gasteiger partial charge in [-0.1, -0.05) is 24.3 Å². The highest BCUT2D eigenvalue weighted by Crippen LogP contribution is 2.26. The van der Waals surface area contributed by atoms with Gasteiger partial charge in [0.25, 0.3) is 0 Å². The summed E-state index contributed by atoms with van der Waals surface area (Å²) in [4.78, 5) is 4.73. The van der Waals surface area contributed by atoms with Gasteiger partial charge in [0.1, 0.15) is 11.5 Å². The first-order valence-electron chi connectivity index (χ1n) is 11.8. The normalized spacial score (nSPS) is 12.6. The number of nitrogens with zero attached hydrogens (tertiary/aromatic N) is 2. The molecule has 2 rings (SSSR count). The zero-order chi connectivity index (χ0) is 24.0. The quantitative estimate of drug-likeness (QED) is 0.415. The third kappa shape index (κ3) is 7.11. The highest BCUT2D eigenvalue weighted by molar-refractivity contribution is 5.71. The molecule has 0 fully saturated rings. The van der Waals surface area contributed by atoms with Crippen molar-refractivity contribution in [3.63, 3.8) is 0 Å². The molecule has 0 amide bonds. The Kier molecular flexibility index (Phi) is 9.35. The van der Waals surface area contributed by atoms with Crippen LogP contribution in [0.25, 0.3) is 12.2 Å². The largest absolute Gasteiger partial charge is 0.508 e. The molecule has 0 aliphatic carbocycles. The first-order valence-corrected chi connectivity index (χ1v) is 11.8.